The Kier molecular flexibility index (Phi) is 6.52. The topological polar surface area (TPSA) is 81.3 Å². The zero-order valence-corrected chi connectivity index (χ0v) is 14.1. The van der Waals surface area contributed by atoms with Crippen LogP contribution in [0.4, 0.5) is 5.69 Å². The molecule has 0 aliphatic carbocycles. The first-order chi connectivity index (χ1) is 10.3. The predicted octanol–water partition coefficient (Wildman–Crippen LogP) is 2.84. The molecule has 22 heavy (non-hydrogen) atoms. The molecule has 0 N–H and O–H groups in total. The molecule has 1 aromatic rings. The zero-order chi connectivity index (χ0) is 16.9. The summed E-state index contributed by atoms with van der Waals surface area (Å²) in [6.07, 6.45) is 2.85. The van der Waals surface area contributed by atoms with Crippen molar-refractivity contribution in [1.82, 2.24) is 14.7 Å². The molecular weight excluding hydrogens is 284 g/mol. The van der Waals surface area contributed by atoms with E-state index in [1.54, 1.807) is 13.8 Å². The Morgan fingerprint density at radius 1 is 1.41 bits per heavy atom. The van der Waals surface area contributed by atoms with Crippen LogP contribution in [0.15, 0.2) is 0 Å². The fraction of sp³-hybridized carbons (Fsp3) is 0.733. The van der Waals surface area contributed by atoms with Gasteiger partial charge in [0.15, 0.2) is 0 Å². The maximum atomic E-state index is 12.6. The van der Waals surface area contributed by atoms with Crippen LogP contribution in [-0.2, 0) is 11.3 Å². The molecule has 0 radical (unpaired) electrons. The maximum Gasteiger partial charge on any atom is 0.312 e. The summed E-state index contributed by atoms with van der Waals surface area (Å²) in [4.78, 5) is 25.0. The van der Waals surface area contributed by atoms with Crippen molar-refractivity contribution in [3.05, 3.63) is 21.5 Å². The predicted molar refractivity (Wildman–Crippen MR) is 84.7 cm³/mol. The van der Waals surface area contributed by atoms with E-state index in [1.807, 2.05) is 18.7 Å². The van der Waals surface area contributed by atoms with E-state index in [4.69, 9.17) is 0 Å². The molecule has 1 amide bonds. The fourth-order valence-corrected chi connectivity index (χ4v) is 2.46. The van der Waals surface area contributed by atoms with Crippen LogP contribution in [0.1, 0.15) is 51.4 Å². The van der Waals surface area contributed by atoms with Crippen LogP contribution >= 0.6 is 0 Å². The van der Waals surface area contributed by atoms with Gasteiger partial charge in [-0.05, 0) is 33.6 Å². The highest BCUT2D eigenvalue weighted by atomic mass is 16.6. The zero-order valence-electron chi connectivity index (χ0n) is 14.1. The third kappa shape index (κ3) is 4.05. The lowest BCUT2D eigenvalue weighted by Crippen LogP contribution is -2.41. The maximum absolute atomic E-state index is 12.6. The van der Waals surface area contributed by atoms with Crippen molar-refractivity contribution >= 4 is 11.6 Å². The van der Waals surface area contributed by atoms with Gasteiger partial charge in [-0.15, -0.1) is 0 Å². The number of aryl methyl sites for hydroxylation is 1. The summed E-state index contributed by atoms with van der Waals surface area (Å²) < 4.78 is 1.44. The van der Waals surface area contributed by atoms with Gasteiger partial charge in [0.25, 0.3) is 0 Å². The molecule has 0 bridgehead atoms. The minimum Gasteiger partial charge on any atom is -0.338 e. The first-order valence-electron chi connectivity index (χ1n) is 7.81. The van der Waals surface area contributed by atoms with Gasteiger partial charge >= 0.3 is 5.69 Å². The van der Waals surface area contributed by atoms with E-state index in [0.29, 0.717) is 17.9 Å². The summed E-state index contributed by atoms with van der Waals surface area (Å²) in [6, 6.07) is 0.158. The second kappa shape index (κ2) is 7.91. The molecule has 0 aliphatic heterocycles. The normalized spacial score (nSPS) is 12.2. The summed E-state index contributed by atoms with van der Waals surface area (Å²) in [5.41, 5.74) is 0.769. The fourth-order valence-electron chi connectivity index (χ4n) is 2.46. The van der Waals surface area contributed by atoms with Crippen molar-refractivity contribution in [1.29, 1.82) is 0 Å². The summed E-state index contributed by atoms with van der Waals surface area (Å²) >= 11 is 0. The molecule has 1 aromatic heterocycles. The number of hydrogen-bond acceptors (Lipinski definition) is 4. The summed E-state index contributed by atoms with van der Waals surface area (Å²) in [7, 11) is 0. The number of carbonyl (C=O) groups excluding carboxylic acids is 1. The first kappa shape index (κ1) is 18.1. The Labute approximate surface area is 131 Å². The molecule has 1 heterocycles. The first-order valence-corrected chi connectivity index (χ1v) is 7.81. The van der Waals surface area contributed by atoms with Crippen molar-refractivity contribution < 1.29 is 9.72 Å². The number of carbonyl (C=O) groups is 1. The SMILES string of the molecule is CCCCN(C(=O)Cn1nc(C)c([N+](=O)[O-])c1C)[C@@H](C)CC. The number of rotatable bonds is 8. The van der Waals surface area contributed by atoms with E-state index in [2.05, 4.69) is 12.0 Å². The smallest absolute Gasteiger partial charge is 0.312 e. The van der Waals surface area contributed by atoms with Gasteiger partial charge < -0.3 is 4.90 Å². The van der Waals surface area contributed by atoms with Crippen molar-refractivity contribution in [2.45, 2.75) is 66.5 Å². The molecule has 0 saturated heterocycles. The third-order valence-corrected chi connectivity index (χ3v) is 4.01. The van der Waals surface area contributed by atoms with Crippen LogP contribution in [0.5, 0.6) is 0 Å². The Morgan fingerprint density at radius 3 is 2.50 bits per heavy atom. The molecule has 0 fully saturated rings. The van der Waals surface area contributed by atoms with Crippen LogP contribution in [0.3, 0.4) is 0 Å². The Bertz CT molecular complexity index is 539. The van der Waals surface area contributed by atoms with Crippen molar-refractivity contribution in [2.75, 3.05) is 6.54 Å². The second-order valence-electron chi connectivity index (χ2n) is 5.63. The summed E-state index contributed by atoms with van der Waals surface area (Å²) in [5.74, 6) is -0.0386. The van der Waals surface area contributed by atoms with Crippen molar-refractivity contribution in [2.24, 2.45) is 0 Å². The number of unbranched alkanes of at least 4 members (excludes halogenated alkanes) is 1. The van der Waals surface area contributed by atoms with Crippen LogP contribution in [0.2, 0.25) is 0 Å². The summed E-state index contributed by atoms with van der Waals surface area (Å²) in [5, 5.41) is 15.2. The molecule has 7 heteroatoms. The molecule has 0 unspecified atom stereocenters. The van der Waals surface area contributed by atoms with E-state index >= 15 is 0 Å². The van der Waals surface area contributed by atoms with E-state index in [0.717, 1.165) is 19.3 Å². The minimum atomic E-state index is -0.442. The van der Waals surface area contributed by atoms with Crippen LogP contribution in [-0.4, -0.2) is 38.1 Å². The lowest BCUT2D eigenvalue weighted by Gasteiger charge is -2.28. The van der Waals surface area contributed by atoms with Gasteiger partial charge in [-0.3, -0.25) is 19.6 Å². The van der Waals surface area contributed by atoms with Crippen molar-refractivity contribution in [3.8, 4) is 0 Å². The van der Waals surface area contributed by atoms with Crippen LogP contribution in [0.25, 0.3) is 0 Å². The van der Waals surface area contributed by atoms with Gasteiger partial charge in [-0.2, -0.15) is 5.10 Å². The monoisotopic (exact) mass is 310 g/mol. The molecule has 7 nitrogen and oxygen atoms in total. The Balaban J connectivity index is 2.94. The lowest BCUT2D eigenvalue weighted by atomic mass is 10.2. The van der Waals surface area contributed by atoms with E-state index in [9.17, 15) is 14.9 Å². The molecule has 0 saturated carbocycles. The number of nitro groups is 1. The molecule has 0 aromatic carbocycles. The van der Waals surface area contributed by atoms with E-state index in [1.165, 1.54) is 4.68 Å². The second-order valence-corrected chi connectivity index (χ2v) is 5.63. The highest BCUT2D eigenvalue weighted by molar-refractivity contribution is 5.76. The molecular formula is C15H26N4O3. The molecule has 1 rings (SSSR count). The van der Waals surface area contributed by atoms with Crippen LogP contribution in [0, 0.1) is 24.0 Å². The van der Waals surface area contributed by atoms with E-state index < -0.39 is 4.92 Å². The highest BCUT2D eigenvalue weighted by Crippen LogP contribution is 2.22. The van der Waals surface area contributed by atoms with Gasteiger partial charge in [0, 0.05) is 12.6 Å². The van der Waals surface area contributed by atoms with Crippen molar-refractivity contribution in [3.63, 3.8) is 0 Å². The minimum absolute atomic E-state index is 0.00329. The molecule has 124 valence electrons. The molecule has 1 atom stereocenters. The van der Waals surface area contributed by atoms with Crippen LogP contribution < -0.4 is 0 Å². The number of nitrogens with zero attached hydrogens (tertiary/aromatic N) is 4. The average Bonchev–Trinajstić information content (AvgIpc) is 2.73. The highest BCUT2D eigenvalue weighted by Gasteiger charge is 2.25. The van der Waals surface area contributed by atoms with Gasteiger partial charge in [0.2, 0.25) is 5.91 Å². The number of hydrogen-bond donors (Lipinski definition) is 0. The van der Waals surface area contributed by atoms with Gasteiger partial charge in [-0.25, -0.2) is 0 Å². The number of aromatic nitrogens is 2. The Morgan fingerprint density at radius 2 is 2.05 bits per heavy atom. The number of amides is 1. The van der Waals surface area contributed by atoms with E-state index in [-0.39, 0.29) is 24.2 Å². The lowest BCUT2D eigenvalue weighted by molar-refractivity contribution is -0.386. The van der Waals surface area contributed by atoms with Gasteiger partial charge in [0.1, 0.15) is 17.9 Å². The Hall–Kier alpha value is -1.92. The van der Waals surface area contributed by atoms with Gasteiger partial charge in [-0.1, -0.05) is 20.3 Å². The molecule has 0 aliphatic rings. The average molecular weight is 310 g/mol. The summed E-state index contributed by atoms with van der Waals surface area (Å²) in [6.45, 7) is 10.1. The standard InChI is InChI=1S/C15H26N4O3/c1-6-8-9-17(11(3)7-2)14(20)10-18-13(5)15(19(21)22)12(4)16-18/h11H,6-10H2,1-5H3/t11-/m0/s1. The largest absolute Gasteiger partial charge is 0.338 e. The molecule has 0 spiro atoms. The third-order valence-electron chi connectivity index (χ3n) is 4.01. The quantitative estimate of drug-likeness (QED) is 0.546. The van der Waals surface area contributed by atoms with Gasteiger partial charge in [0.05, 0.1) is 4.92 Å².